The Kier molecular flexibility index (Phi) is 6.58. The van der Waals surface area contributed by atoms with Gasteiger partial charge >= 0.3 is 5.97 Å². The molecule has 224 valence electrons. The number of esters is 1. The molecule has 16 atom stereocenters. The number of ketones is 1. The highest BCUT2D eigenvalue weighted by Gasteiger charge is 2.84. The van der Waals surface area contributed by atoms with E-state index < -0.39 is 120 Å². The number of ether oxygens (including phenoxy) is 4. The lowest BCUT2D eigenvalue weighted by atomic mass is 9.38. The van der Waals surface area contributed by atoms with Crippen LogP contribution in [-0.4, -0.2) is 133 Å². The highest BCUT2D eigenvalue weighted by atomic mass is 16.7. The molecule has 3 aliphatic heterocycles. The van der Waals surface area contributed by atoms with Gasteiger partial charge in [-0.05, 0) is 25.3 Å². The van der Waals surface area contributed by atoms with E-state index in [0.29, 0.717) is 5.57 Å². The highest BCUT2D eigenvalue weighted by Crippen LogP contribution is 2.73. The summed E-state index contributed by atoms with van der Waals surface area (Å²) in [5.74, 6) is -7.89. The van der Waals surface area contributed by atoms with Gasteiger partial charge in [0, 0.05) is 35.2 Å². The Balaban J connectivity index is 1.48. The molecule has 8 N–H and O–H groups in total. The lowest BCUT2D eigenvalue weighted by Gasteiger charge is -2.68. The molecule has 16 unspecified atom stereocenters. The minimum Gasteiger partial charge on any atom is -0.460 e. The molecule has 6 aliphatic rings. The molecule has 2 bridgehead atoms. The van der Waals surface area contributed by atoms with Gasteiger partial charge in [-0.3, -0.25) is 4.79 Å². The maximum absolute atomic E-state index is 13.6. The van der Waals surface area contributed by atoms with Gasteiger partial charge in [0.1, 0.15) is 42.7 Å². The second-order valence-corrected chi connectivity index (χ2v) is 12.4. The van der Waals surface area contributed by atoms with Gasteiger partial charge in [0.15, 0.2) is 24.0 Å². The number of aliphatic hydroxyl groups is 8. The van der Waals surface area contributed by atoms with Crippen molar-refractivity contribution in [1.29, 1.82) is 0 Å². The number of carbonyl (C=O) groups excluding carboxylic acids is 2. The van der Waals surface area contributed by atoms with Crippen LogP contribution in [0.1, 0.15) is 20.3 Å². The van der Waals surface area contributed by atoms with Crippen molar-refractivity contribution in [3.63, 3.8) is 0 Å². The number of fused-ring (bicyclic) bond motifs is 1. The van der Waals surface area contributed by atoms with Crippen molar-refractivity contribution >= 4 is 11.8 Å². The molecule has 0 aromatic rings. The van der Waals surface area contributed by atoms with Crippen LogP contribution in [0.2, 0.25) is 0 Å². The van der Waals surface area contributed by atoms with Gasteiger partial charge < -0.3 is 59.8 Å². The van der Waals surface area contributed by atoms with Crippen LogP contribution in [0.4, 0.5) is 0 Å². The Hall–Kier alpha value is -1.56. The molecule has 6 rings (SSSR count). The summed E-state index contributed by atoms with van der Waals surface area (Å²) in [6, 6.07) is 0. The third kappa shape index (κ3) is 3.32. The molecule has 14 heteroatoms. The first-order valence-electron chi connectivity index (χ1n) is 13.5. The first-order chi connectivity index (χ1) is 18.8. The fourth-order valence-electron chi connectivity index (χ4n) is 9.08. The van der Waals surface area contributed by atoms with Gasteiger partial charge in [0.05, 0.1) is 13.2 Å². The Morgan fingerprint density at radius 1 is 1.05 bits per heavy atom. The molecular formula is C26H36O14. The van der Waals surface area contributed by atoms with Crippen LogP contribution < -0.4 is 0 Å². The molecule has 1 spiro atoms. The van der Waals surface area contributed by atoms with Crippen LogP contribution in [-0.2, 0) is 28.5 Å². The van der Waals surface area contributed by atoms with Crippen molar-refractivity contribution in [3.05, 3.63) is 11.6 Å². The Morgan fingerprint density at radius 3 is 2.40 bits per heavy atom. The maximum Gasteiger partial charge on any atom is 0.336 e. The standard InChI is InChI=1S/C26H36O14/c1-8-3-11(29)20(34)24(2)10(8)4-13-25-7-37-26(36,23(24)25)19(33)9(5-27)14(25)18(21(35)39-13)40-22-17(32)16(31)15(30)12(6-28)38-22/h3,9-10,12-20,22-23,27-28,30-34,36H,4-7H2,1-2H3. The van der Waals surface area contributed by atoms with E-state index in [1.54, 1.807) is 13.8 Å². The molecule has 3 aliphatic carbocycles. The Bertz CT molecular complexity index is 1110. The van der Waals surface area contributed by atoms with Gasteiger partial charge in [-0.1, -0.05) is 12.5 Å². The fraction of sp³-hybridized carbons (Fsp3) is 0.846. The predicted octanol–water partition coefficient (Wildman–Crippen LogP) is -4.07. The number of allylic oxidation sites excluding steroid dienone is 1. The van der Waals surface area contributed by atoms with Crippen molar-refractivity contribution in [2.45, 2.75) is 81.2 Å². The number of hydrogen-bond donors (Lipinski definition) is 8. The van der Waals surface area contributed by atoms with Gasteiger partial charge in [0.2, 0.25) is 0 Å². The predicted molar refractivity (Wildman–Crippen MR) is 126 cm³/mol. The van der Waals surface area contributed by atoms with Gasteiger partial charge in [-0.15, -0.1) is 0 Å². The summed E-state index contributed by atoms with van der Waals surface area (Å²) in [4.78, 5) is 26.4. The first-order valence-corrected chi connectivity index (χ1v) is 13.5. The summed E-state index contributed by atoms with van der Waals surface area (Å²) in [7, 11) is 0. The monoisotopic (exact) mass is 572 g/mol. The lowest BCUT2D eigenvalue weighted by Crippen LogP contribution is -2.78. The molecule has 3 heterocycles. The second kappa shape index (κ2) is 9.22. The van der Waals surface area contributed by atoms with E-state index >= 15 is 0 Å². The summed E-state index contributed by atoms with van der Waals surface area (Å²) in [6.45, 7) is 1.60. The maximum atomic E-state index is 13.6. The summed E-state index contributed by atoms with van der Waals surface area (Å²) in [5.41, 5.74) is -2.13. The Labute approximate surface area is 228 Å². The zero-order valence-electron chi connectivity index (χ0n) is 21.9. The van der Waals surface area contributed by atoms with E-state index in [1.807, 2.05) is 0 Å². The largest absolute Gasteiger partial charge is 0.460 e. The topological polar surface area (TPSA) is 233 Å². The fourth-order valence-corrected chi connectivity index (χ4v) is 9.08. The lowest BCUT2D eigenvalue weighted by molar-refractivity contribution is -0.361. The molecular weight excluding hydrogens is 536 g/mol. The third-order valence-corrected chi connectivity index (χ3v) is 10.8. The van der Waals surface area contributed by atoms with Crippen LogP contribution in [0.15, 0.2) is 11.6 Å². The average molecular weight is 573 g/mol. The average Bonchev–Trinajstić information content (AvgIpc) is 3.20. The summed E-state index contributed by atoms with van der Waals surface area (Å²) < 4.78 is 23.2. The van der Waals surface area contributed by atoms with Crippen LogP contribution in [0.5, 0.6) is 0 Å². The first kappa shape index (κ1) is 28.6. The number of hydrogen-bond acceptors (Lipinski definition) is 14. The minimum absolute atomic E-state index is 0.155. The van der Waals surface area contributed by atoms with E-state index in [1.165, 1.54) is 6.08 Å². The van der Waals surface area contributed by atoms with Crippen LogP contribution in [0.3, 0.4) is 0 Å². The van der Waals surface area contributed by atoms with Crippen molar-refractivity contribution in [3.8, 4) is 0 Å². The van der Waals surface area contributed by atoms with Crippen molar-refractivity contribution < 1.29 is 69.4 Å². The normalized spacial score (nSPS) is 57.1. The zero-order valence-corrected chi connectivity index (χ0v) is 21.9. The van der Waals surface area contributed by atoms with E-state index in [2.05, 4.69) is 0 Å². The second-order valence-electron chi connectivity index (χ2n) is 12.4. The van der Waals surface area contributed by atoms with E-state index in [4.69, 9.17) is 18.9 Å². The molecule has 0 amide bonds. The number of aliphatic hydroxyl groups excluding tert-OH is 7. The number of carbonyl (C=O) groups is 2. The zero-order chi connectivity index (χ0) is 29.1. The van der Waals surface area contributed by atoms with Gasteiger partial charge in [0.25, 0.3) is 0 Å². The molecule has 5 fully saturated rings. The summed E-state index contributed by atoms with van der Waals surface area (Å²) >= 11 is 0. The van der Waals surface area contributed by atoms with Crippen molar-refractivity contribution in [1.82, 2.24) is 0 Å². The van der Waals surface area contributed by atoms with Gasteiger partial charge in [-0.2, -0.15) is 0 Å². The minimum atomic E-state index is -2.33. The van der Waals surface area contributed by atoms with Gasteiger partial charge in [-0.25, -0.2) is 4.79 Å². The molecule has 3 saturated heterocycles. The Morgan fingerprint density at radius 2 is 1.75 bits per heavy atom. The number of rotatable bonds is 4. The quantitative estimate of drug-likeness (QED) is 0.150. The molecule has 0 aromatic heterocycles. The van der Waals surface area contributed by atoms with E-state index in [9.17, 15) is 50.4 Å². The van der Waals surface area contributed by atoms with E-state index in [0.717, 1.165) is 0 Å². The van der Waals surface area contributed by atoms with Crippen molar-refractivity contribution in [2.24, 2.45) is 34.5 Å². The van der Waals surface area contributed by atoms with Crippen molar-refractivity contribution in [2.75, 3.05) is 19.8 Å². The van der Waals surface area contributed by atoms with Crippen LogP contribution >= 0.6 is 0 Å². The molecule has 40 heavy (non-hydrogen) atoms. The smallest absolute Gasteiger partial charge is 0.336 e. The third-order valence-electron chi connectivity index (χ3n) is 10.8. The summed E-state index contributed by atoms with van der Waals surface area (Å²) in [6.07, 6.45) is -12.9. The molecule has 0 aromatic carbocycles. The molecule has 0 radical (unpaired) electrons. The molecule has 14 nitrogen and oxygen atoms in total. The van der Waals surface area contributed by atoms with Crippen LogP contribution in [0.25, 0.3) is 0 Å². The SMILES string of the molecule is CC1=CC(=O)C(O)C2(C)C1CC1OC(=O)C(OC3OC(CO)C(O)C(O)C3O)C3C(CO)C(O)C4(O)OCC13C42. The molecule has 2 saturated carbocycles. The van der Waals surface area contributed by atoms with E-state index in [-0.39, 0.29) is 13.0 Å². The van der Waals surface area contributed by atoms with Crippen LogP contribution in [0, 0.1) is 34.5 Å². The highest BCUT2D eigenvalue weighted by molar-refractivity contribution is 5.96. The summed E-state index contributed by atoms with van der Waals surface area (Å²) in [5, 5.41) is 85.8.